The second-order valence-corrected chi connectivity index (χ2v) is 16.7. The first kappa shape index (κ1) is 53.6. The van der Waals surface area contributed by atoms with E-state index >= 15 is 0 Å². The molecule has 0 saturated heterocycles. The Kier molecular flexibility index (Phi) is 37.7. The average Bonchev–Trinajstić information content (AvgIpc) is 3.15. The van der Waals surface area contributed by atoms with Crippen molar-refractivity contribution in [2.24, 2.45) is 0 Å². The first-order chi connectivity index (χ1) is 27.1. The van der Waals surface area contributed by atoms with E-state index in [0.717, 1.165) is 51.4 Å². The van der Waals surface area contributed by atoms with Crippen LogP contribution in [0.1, 0.15) is 200 Å². The number of aliphatic carboxylic acids is 1. The zero-order valence-electron chi connectivity index (χ0n) is 37.1. The summed E-state index contributed by atoms with van der Waals surface area (Å²) in [5, 5.41) is 9.62. The highest BCUT2D eigenvalue weighted by molar-refractivity contribution is 5.72. The molecule has 0 aliphatic heterocycles. The zero-order valence-corrected chi connectivity index (χ0v) is 37.1. The van der Waals surface area contributed by atoms with Gasteiger partial charge in [0.05, 0.1) is 34.4 Å². The Morgan fingerprint density at radius 3 is 1.43 bits per heavy atom. The highest BCUT2D eigenvalue weighted by atomic mass is 16.6. The Labute approximate surface area is 344 Å². The molecule has 0 radical (unpaired) electrons. The van der Waals surface area contributed by atoms with Gasteiger partial charge in [-0.25, -0.2) is 4.79 Å². The van der Waals surface area contributed by atoms with E-state index < -0.39 is 18.1 Å². The predicted octanol–water partition coefficient (Wildman–Crippen LogP) is 12.6. The smallest absolute Gasteiger partial charge is 0.362 e. The molecule has 0 aromatic rings. The molecule has 8 nitrogen and oxygen atoms in total. The van der Waals surface area contributed by atoms with Crippen molar-refractivity contribution in [3.63, 3.8) is 0 Å². The number of hydrogen-bond donors (Lipinski definition) is 1. The molecule has 0 rings (SSSR count). The fourth-order valence-electron chi connectivity index (χ4n) is 6.66. The molecule has 56 heavy (non-hydrogen) atoms. The quantitative estimate of drug-likeness (QED) is 0.0216. The third-order valence-electron chi connectivity index (χ3n) is 10.3. The fourth-order valence-corrected chi connectivity index (χ4v) is 6.66. The van der Waals surface area contributed by atoms with Gasteiger partial charge < -0.3 is 23.8 Å². The van der Waals surface area contributed by atoms with Gasteiger partial charge in [-0.2, -0.15) is 0 Å². The number of allylic oxidation sites excluding steroid dienone is 6. The Hall–Kier alpha value is -2.45. The van der Waals surface area contributed by atoms with Crippen LogP contribution < -0.4 is 0 Å². The number of esters is 2. The number of ether oxygens (including phenoxy) is 3. The highest BCUT2D eigenvalue weighted by Gasteiger charge is 2.31. The Morgan fingerprint density at radius 2 is 0.946 bits per heavy atom. The number of nitrogens with zero attached hydrogens (tertiary/aromatic N) is 1. The topological polar surface area (TPSA) is 99.1 Å². The summed E-state index contributed by atoms with van der Waals surface area (Å²) >= 11 is 0. The molecular formula is C48H88NO7+. The minimum Gasteiger partial charge on any atom is -0.477 e. The maximum atomic E-state index is 12.7. The van der Waals surface area contributed by atoms with Crippen molar-refractivity contribution in [2.75, 3.05) is 41.0 Å². The molecule has 2 atom stereocenters. The van der Waals surface area contributed by atoms with Crippen LogP contribution in [0.4, 0.5) is 0 Å². The van der Waals surface area contributed by atoms with Crippen molar-refractivity contribution in [1.82, 2.24) is 0 Å². The summed E-state index contributed by atoms with van der Waals surface area (Å²) in [5.74, 6) is -1.48. The Bertz CT molecular complexity index is 1020. The summed E-state index contributed by atoms with van der Waals surface area (Å²) < 4.78 is 17.3. The molecule has 0 bridgehead atoms. The molecule has 326 valence electrons. The van der Waals surface area contributed by atoms with Gasteiger partial charge in [-0.05, 0) is 64.2 Å². The van der Waals surface area contributed by atoms with Crippen LogP contribution in [0, 0.1) is 0 Å². The van der Waals surface area contributed by atoms with E-state index in [1.807, 2.05) is 21.1 Å². The van der Waals surface area contributed by atoms with Gasteiger partial charge in [-0.1, -0.05) is 153 Å². The minimum absolute atomic E-state index is 0.0554. The molecule has 0 aliphatic carbocycles. The van der Waals surface area contributed by atoms with Gasteiger partial charge in [0.1, 0.15) is 6.61 Å². The number of rotatable bonds is 41. The highest BCUT2D eigenvalue weighted by Crippen LogP contribution is 2.14. The van der Waals surface area contributed by atoms with E-state index in [2.05, 4.69) is 50.3 Å². The van der Waals surface area contributed by atoms with Crippen molar-refractivity contribution >= 4 is 17.9 Å². The van der Waals surface area contributed by atoms with E-state index in [0.29, 0.717) is 19.3 Å². The van der Waals surface area contributed by atoms with Crippen LogP contribution in [-0.4, -0.2) is 80.6 Å². The van der Waals surface area contributed by atoms with Gasteiger partial charge in [0.2, 0.25) is 0 Å². The summed E-state index contributed by atoms with van der Waals surface area (Å²) in [6, 6.07) is -0.615. The second kappa shape index (κ2) is 39.4. The van der Waals surface area contributed by atoms with E-state index in [1.165, 1.54) is 116 Å². The summed E-state index contributed by atoms with van der Waals surface area (Å²) in [7, 11) is 5.52. The summed E-state index contributed by atoms with van der Waals surface area (Å²) in [5.41, 5.74) is 0. The Morgan fingerprint density at radius 1 is 0.536 bits per heavy atom. The lowest BCUT2D eigenvalue weighted by atomic mass is 10.1. The maximum Gasteiger partial charge on any atom is 0.362 e. The lowest BCUT2D eigenvalue weighted by molar-refractivity contribution is -0.887. The molecule has 0 aliphatic rings. The van der Waals surface area contributed by atoms with Crippen molar-refractivity contribution in [1.29, 1.82) is 0 Å². The second-order valence-electron chi connectivity index (χ2n) is 16.7. The van der Waals surface area contributed by atoms with Crippen molar-refractivity contribution in [3.05, 3.63) is 36.5 Å². The Balaban J connectivity index is 4.29. The standard InChI is InChI=1S/C48H87NO7/c1-6-8-10-12-14-16-18-20-21-22-23-24-25-26-27-29-31-33-35-37-39-47(51)56-44(42-54-41-40-45(48(52)53)49(3,4)5)43-55-46(50)38-36-34-32-30-28-19-17-15-13-11-9-7-2/h15-18,20-21,44-45H,6-14,19,22-43H2,1-5H3/p+1/b17-15+,18-16+,21-20+. The van der Waals surface area contributed by atoms with Crippen LogP contribution in [0.15, 0.2) is 36.5 Å². The molecule has 0 spiro atoms. The van der Waals surface area contributed by atoms with Crippen LogP contribution >= 0.6 is 0 Å². The van der Waals surface area contributed by atoms with Crippen LogP contribution in [0.3, 0.4) is 0 Å². The molecular weight excluding hydrogens is 703 g/mol. The number of likely N-dealkylation sites (N-methyl/N-ethyl adjacent to an activating group) is 1. The van der Waals surface area contributed by atoms with E-state index in [-0.39, 0.29) is 36.2 Å². The number of hydrogen-bond acceptors (Lipinski definition) is 6. The van der Waals surface area contributed by atoms with Gasteiger partial charge in [0.15, 0.2) is 12.1 Å². The number of quaternary nitrogens is 1. The number of carboxylic acid groups (broad SMARTS) is 1. The maximum absolute atomic E-state index is 12.7. The first-order valence-corrected chi connectivity index (χ1v) is 23.0. The molecule has 8 heteroatoms. The molecule has 0 amide bonds. The molecule has 0 aromatic carbocycles. The van der Waals surface area contributed by atoms with Gasteiger partial charge in [0, 0.05) is 19.3 Å². The van der Waals surface area contributed by atoms with Crippen molar-refractivity contribution < 1.29 is 38.2 Å². The van der Waals surface area contributed by atoms with Gasteiger partial charge in [-0.3, -0.25) is 9.59 Å². The van der Waals surface area contributed by atoms with Crippen LogP contribution in [0.5, 0.6) is 0 Å². The molecule has 0 saturated carbocycles. The lowest BCUT2D eigenvalue weighted by Gasteiger charge is -2.31. The average molecular weight is 791 g/mol. The number of carboxylic acids is 1. The number of carbonyl (C=O) groups is 3. The third-order valence-corrected chi connectivity index (χ3v) is 10.3. The van der Waals surface area contributed by atoms with Crippen molar-refractivity contribution in [3.8, 4) is 0 Å². The van der Waals surface area contributed by atoms with Crippen molar-refractivity contribution in [2.45, 2.75) is 212 Å². The molecule has 1 N–H and O–H groups in total. The van der Waals surface area contributed by atoms with Gasteiger partial charge in [0.25, 0.3) is 0 Å². The van der Waals surface area contributed by atoms with E-state index in [1.54, 1.807) is 0 Å². The van der Waals surface area contributed by atoms with Gasteiger partial charge in [-0.15, -0.1) is 0 Å². The molecule has 2 unspecified atom stereocenters. The number of carbonyl (C=O) groups excluding carboxylic acids is 2. The fraction of sp³-hybridized carbons (Fsp3) is 0.812. The van der Waals surface area contributed by atoms with E-state index in [9.17, 15) is 19.5 Å². The largest absolute Gasteiger partial charge is 0.477 e. The normalized spacial score (nSPS) is 13.2. The zero-order chi connectivity index (χ0) is 41.4. The lowest BCUT2D eigenvalue weighted by Crippen LogP contribution is -2.50. The van der Waals surface area contributed by atoms with Crippen LogP contribution in [0.2, 0.25) is 0 Å². The molecule has 0 fully saturated rings. The van der Waals surface area contributed by atoms with Gasteiger partial charge >= 0.3 is 17.9 Å². The summed E-state index contributed by atoms with van der Waals surface area (Å²) in [4.78, 5) is 37.0. The first-order valence-electron chi connectivity index (χ1n) is 23.0. The third kappa shape index (κ3) is 37.1. The molecule has 0 aromatic heterocycles. The van der Waals surface area contributed by atoms with Crippen LogP contribution in [0.25, 0.3) is 0 Å². The van der Waals surface area contributed by atoms with Crippen LogP contribution in [-0.2, 0) is 28.6 Å². The minimum atomic E-state index is -0.876. The number of unbranched alkanes of at least 4 members (excludes halogenated alkanes) is 22. The SMILES string of the molecule is CCCCC/C=C/CCCCCCCC(=O)OCC(COCCC(C(=O)O)[N+](C)(C)C)OC(=O)CCCCCCCCCCCC/C=C/C=C/CCCCCC. The monoisotopic (exact) mass is 791 g/mol. The summed E-state index contributed by atoms with van der Waals surface area (Å²) in [6.45, 7) is 4.69. The molecule has 0 heterocycles. The predicted molar refractivity (Wildman–Crippen MR) is 234 cm³/mol. The van der Waals surface area contributed by atoms with E-state index in [4.69, 9.17) is 14.2 Å². The summed E-state index contributed by atoms with van der Waals surface area (Å²) in [6.07, 6.45) is 44.7.